The minimum atomic E-state index is -0.613. The molecule has 0 aliphatic heterocycles. The number of aromatic nitrogens is 1. The first-order valence-electron chi connectivity index (χ1n) is 8.20. The van der Waals surface area contributed by atoms with E-state index in [1.54, 1.807) is 11.9 Å². The molecule has 1 amide bonds. The van der Waals surface area contributed by atoms with Gasteiger partial charge in [-0.25, -0.2) is 9.53 Å². The monoisotopic (exact) mass is 336 g/mol. The molecule has 1 heterocycles. The van der Waals surface area contributed by atoms with Gasteiger partial charge in [-0.1, -0.05) is 60.7 Å². The summed E-state index contributed by atoms with van der Waals surface area (Å²) in [6, 6.07) is 19.0. The van der Waals surface area contributed by atoms with Gasteiger partial charge in [-0.3, -0.25) is 4.79 Å². The van der Waals surface area contributed by atoms with E-state index in [1.165, 1.54) is 4.74 Å². The van der Waals surface area contributed by atoms with Crippen LogP contribution in [-0.2, 0) is 13.6 Å². The van der Waals surface area contributed by atoms with E-state index in [2.05, 4.69) is 0 Å². The molecule has 0 N–H and O–H groups in total. The molecule has 3 aromatic rings. The lowest BCUT2D eigenvalue weighted by Gasteiger charge is -2.20. The minimum Gasteiger partial charge on any atom is -0.335 e. The molecule has 0 saturated heterocycles. The fourth-order valence-electron chi connectivity index (χ4n) is 2.87. The van der Waals surface area contributed by atoms with Crippen LogP contribution in [0.1, 0.15) is 22.8 Å². The summed E-state index contributed by atoms with van der Waals surface area (Å²) >= 11 is 0. The minimum absolute atomic E-state index is 0.0754. The Kier molecular flexibility index (Phi) is 4.84. The van der Waals surface area contributed by atoms with Gasteiger partial charge >= 0.3 is 5.63 Å². The van der Waals surface area contributed by atoms with Crippen LogP contribution in [0.5, 0.6) is 0 Å². The van der Waals surface area contributed by atoms with Crippen molar-refractivity contribution in [1.29, 1.82) is 0 Å². The van der Waals surface area contributed by atoms with E-state index < -0.39 is 5.63 Å². The molecular weight excluding hydrogens is 316 g/mol. The predicted octanol–water partition coefficient (Wildman–Crippen LogP) is 3.31. The summed E-state index contributed by atoms with van der Waals surface area (Å²) in [4.78, 5) is 27.0. The van der Waals surface area contributed by atoms with Gasteiger partial charge in [0.1, 0.15) is 5.69 Å². The molecule has 5 heteroatoms. The van der Waals surface area contributed by atoms with Crippen LogP contribution in [0.15, 0.2) is 70.0 Å². The van der Waals surface area contributed by atoms with Crippen LogP contribution in [0.25, 0.3) is 11.3 Å². The summed E-state index contributed by atoms with van der Waals surface area (Å²) in [5.74, 6) is -0.320. The van der Waals surface area contributed by atoms with Crippen molar-refractivity contribution < 1.29 is 9.32 Å². The molecule has 0 radical (unpaired) electrons. The number of carbonyl (C=O) groups is 1. The summed E-state index contributed by atoms with van der Waals surface area (Å²) in [7, 11) is 1.63. The zero-order chi connectivity index (χ0) is 17.8. The molecular formula is C20H20N2O3. The lowest BCUT2D eigenvalue weighted by Crippen LogP contribution is -2.33. The SMILES string of the molecule is CCN(Cc1ccccc1)C(=O)c1c(-c2ccccc2)n(C)oc1=O. The number of rotatable bonds is 5. The second kappa shape index (κ2) is 7.21. The summed E-state index contributed by atoms with van der Waals surface area (Å²) in [5.41, 5.74) is 1.75. The molecule has 0 spiro atoms. The predicted molar refractivity (Wildman–Crippen MR) is 96.2 cm³/mol. The number of nitrogens with zero attached hydrogens (tertiary/aromatic N) is 2. The Bertz CT molecular complexity index is 911. The molecule has 25 heavy (non-hydrogen) atoms. The zero-order valence-corrected chi connectivity index (χ0v) is 14.3. The van der Waals surface area contributed by atoms with Crippen LogP contribution in [0, 0.1) is 0 Å². The third-order valence-corrected chi connectivity index (χ3v) is 4.12. The summed E-state index contributed by atoms with van der Waals surface area (Å²) in [5, 5.41) is 0. The number of carbonyl (C=O) groups excluding carboxylic acids is 1. The van der Waals surface area contributed by atoms with Crippen LogP contribution in [0.4, 0.5) is 0 Å². The molecule has 1 aromatic heterocycles. The van der Waals surface area contributed by atoms with Gasteiger partial charge in [0.05, 0.1) is 0 Å². The molecule has 3 rings (SSSR count). The van der Waals surface area contributed by atoms with Gasteiger partial charge in [0.2, 0.25) is 0 Å². The zero-order valence-electron chi connectivity index (χ0n) is 14.3. The van der Waals surface area contributed by atoms with Gasteiger partial charge in [0.15, 0.2) is 5.56 Å². The Balaban J connectivity index is 2.00. The second-order valence-corrected chi connectivity index (χ2v) is 5.77. The van der Waals surface area contributed by atoms with Crippen molar-refractivity contribution in [2.24, 2.45) is 7.05 Å². The van der Waals surface area contributed by atoms with Crippen molar-refractivity contribution in [3.8, 4) is 11.3 Å². The van der Waals surface area contributed by atoms with Crippen LogP contribution < -0.4 is 5.63 Å². The van der Waals surface area contributed by atoms with Gasteiger partial charge in [0, 0.05) is 25.7 Å². The largest absolute Gasteiger partial charge is 0.370 e. The van der Waals surface area contributed by atoms with Crippen molar-refractivity contribution >= 4 is 5.91 Å². The highest BCUT2D eigenvalue weighted by Crippen LogP contribution is 2.23. The maximum Gasteiger partial charge on any atom is 0.370 e. The van der Waals surface area contributed by atoms with Crippen molar-refractivity contribution in [3.63, 3.8) is 0 Å². The van der Waals surface area contributed by atoms with Crippen LogP contribution in [0.2, 0.25) is 0 Å². The first-order valence-corrected chi connectivity index (χ1v) is 8.20. The number of hydrogen-bond acceptors (Lipinski definition) is 3. The van der Waals surface area contributed by atoms with Crippen molar-refractivity contribution in [2.75, 3.05) is 6.54 Å². The molecule has 0 saturated carbocycles. The highest BCUT2D eigenvalue weighted by molar-refractivity contribution is 5.99. The Morgan fingerprint density at radius 3 is 2.24 bits per heavy atom. The average molecular weight is 336 g/mol. The molecule has 5 nitrogen and oxygen atoms in total. The smallest absolute Gasteiger partial charge is 0.335 e. The van der Waals surface area contributed by atoms with Crippen LogP contribution in [-0.4, -0.2) is 22.1 Å². The molecule has 0 unspecified atom stereocenters. The molecule has 2 aromatic carbocycles. The topological polar surface area (TPSA) is 55.5 Å². The highest BCUT2D eigenvalue weighted by Gasteiger charge is 2.27. The van der Waals surface area contributed by atoms with E-state index in [-0.39, 0.29) is 11.5 Å². The molecule has 0 fully saturated rings. The fraction of sp³-hybridized carbons (Fsp3) is 0.200. The maximum absolute atomic E-state index is 13.1. The number of amides is 1. The van der Waals surface area contributed by atoms with E-state index in [1.807, 2.05) is 67.6 Å². The number of aryl methyl sites for hydroxylation is 1. The van der Waals surface area contributed by atoms with Crippen molar-refractivity contribution in [3.05, 3.63) is 82.2 Å². The molecule has 0 aliphatic rings. The number of hydrogen-bond donors (Lipinski definition) is 0. The van der Waals surface area contributed by atoms with Gasteiger partial charge in [-0.2, -0.15) is 0 Å². The maximum atomic E-state index is 13.1. The first kappa shape index (κ1) is 16.8. The van der Waals surface area contributed by atoms with Gasteiger partial charge in [-0.15, -0.1) is 0 Å². The Labute approximate surface area is 146 Å². The van der Waals surface area contributed by atoms with E-state index in [0.29, 0.717) is 18.8 Å². The Hall–Kier alpha value is -3.08. The van der Waals surface area contributed by atoms with Crippen molar-refractivity contribution in [1.82, 2.24) is 9.64 Å². The average Bonchev–Trinajstić information content (AvgIpc) is 2.94. The quantitative estimate of drug-likeness (QED) is 0.718. The third-order valence-electron chi connectivity index (χ3n) is 4.12. The highest BCUT2D eigenvalue weighted by atomic mass is 16.5. The Morgan fingerprint density at radius 1 is 1.04 bits per heavy atom. The standard InChI is InChI=1S/C20H20N2O3/c1-3-22(14-15-10-6-4-7-11-15)19(23)17-18(21(2)25-20(17)24)16-12-8-5-9-13-16/h4-13H,3,14H2,1-2H3. The van der Waals surface area contributed by atoms with Crippen LogP contribution >= 0.6 is 0 Å². The van der Waals surface area contributed by atoms with E-state index in [9.17, 15) is 9.59 Å². The second-order valence-electron chi connectivity index (χ2n) is 5.77. The first-order chi connectivity index (χ1) is 12.1. The third kappa shape index (κ3) is 3.40. The van der Waals surface area contributed by atoms with Crippen LogP contribution in [0.3, 0.4) is 0 Å². The molecule has 0 atom stereocenters. The number of benzene rings is 2. The van der Waals surface area contributed by atoms with E-state index in [4.69, 9.17) is 4.52 Å². The van der Waals surface area contributed by atoms with Gasteiger partial charge in [-0.05, 0) is 12.5 Å². The molecule has 0 aliphatic carbocycles. The summed E-state index contributed by atoms with van der Waals surface area (Å²) < 4.78 is 6.54. The lowest BCUT2D eigenvalue weighted by molar-refractivity contribution is 0.0750. The summed E-state index contributed by atoms with van der Waals surface area (Å²) in [6.45, 7) is 2.84. The molecule has 0 bridgehead atoms. The van der Waals surface area contributed by atoms with E-state index in [0.717, 1.165) is 11.1 Å². The van der Waals surface area contributed by atoms with Gasteiger partial charge in [0.25, 0.3) is 5.91 Å². The van der Waals surface area contributed by atoms with E-state index >= 15 is 0 Å². The Morgan fingerprint density at radius 2 is 1.64 bits per heavy atom. The van der Waals surface area contributed by atoms with Gasteiger partial charge < -0.3 is 9.42 Å². The van der Waals surface area contributed by atoms with Crippen molar-refractivity contribution in [2.45, 2.75) is 13.5 Å². The summed E-state index contributed by atoms with van der Waals surface area (Å²) in [6.07, 6.45) is 0. The fourth-order valence-corrected chi connectivity index (χ4v) is 2.87. The lowest BCUT2D eigenvalue weighted by atomic mass is 10.1. The molecule has 128 valence electrons. The normalized spacial score (nSPS) is 10.6.